The summed E-state index contributed by atoms with van der Waals surface area (Å²) >= 11 is 0. The Kier molecular flexibility index (Phi) is 2.92. The first-order chi connectivity index (χ1) is 6.26. The van der Waals surface area contributed by atoms with Gasteiger partial charge in [-0.05, 0) is 0 Å². The van der Waals surface area contributed by atoms with E-state index in [1.165, 1.54) is 0 Å². The molecule has 5 heteroatoms. The first-order valence-electron chi connectivity index (χ1n) is 3.65. The fourth-order valence-electron chi connectivity index (χ4n) is 0.760. The second-order valence-corrected chi connectivity index (χ2v) is 2.19. The van der Waals surface area contributed by atoms with E-state index in [9.17, 15) is 0 Å². The van der Waals surface area contributed by atoms with Crippen LogP contribution in [0.5, 0.6) is 5.88 Å². The van der Waals surface area contributed by atoms with Crippen LogP contribution >= 0.6 is 0 Å². The molecule has 0 fully saturated rings. The molecule has 68 valence electrons. The van der Waals surface area contributed by atoms with E-state index in [-0.39, 0.29) is 12.6 Å². The molecule has 0 aromatic carbocycles. The van der Waals surface area contributed by atoms with Crippen LogP contribution in [-0.4, -0.2) is 23.6 Å². The SMILES string of the molecule is C#CCOc1cc(NC)nc(N)n1. The molecule has 1 aromatic rings. The predicted octanol–water partition coefficient (Wildman–Crippen LogP) is 0.112. The molecular weight excluding hydrogens is 168 g/mol. The van der Waals surface area contributed by atoms with Crippen LogP contribution in [0.25, 0.3) is 0 Å². The monoisotopic (exact) mass is 178 g/mol. The summed E-state index contributed by atoms with van der Waals surface area (Å²) in [5.74, 6) is 3.45. The maximum absolute atomic E-state index is 5.41. The molecule has 0 amide bonds. The molecular formula is C8H10N4O. The molecule has 1 aromatic heterocycles. The van der Waals surface area contributed by atoms with E-state index in [2.05, 4.69) is 21.2 Å². The second kappa shape index (κ2) is 4.16. The molecule has 0 bridgehead atoms. The average Bonchev–Trinajstić information content (AvgIpc) is 2.14. The molecule has 0 saturated carbocycles. The van der Waals surface area contributed by atoms with Gasteiger partial charge in [0, 0.05) is 13.1 Å². The van der Waals surface area contributed by atoms with Crippen molar-refractivity contribution in [1.29, 1.82) is 0 Å². The van der Waals surface area contributed by atoms with Gasteiger partial charge in [-0.2, -0.15) is 9.97 Å². The van der Waals surface area contributed by atoms with Crippen LogP contribution in [0.15, 0.2) is 6.07 Å². The highest BCUT2D eigenvalue weighted by atomic mass is 16.5. The summed E-state index contributed by atoms with van der Waals surface area (Å²) in [5.41, 5.74) is 5.41. The van der Waals surface area contributed by atoms with Crippen LogP contribution in [0, 0.1) is 12.3 Å². The van der Waals surface area contributed by atoms with E-state index in [0.29, 0.717) is 11.7 Å². The van der Waals surface area contributed by atoms with Crippen molar-refractivity contribution < 1.29 is 4.74 Å². The molecule has 13 heavy (non-hydrogen) atoms. The lowest BCUT2D eigenvalue weighted by Gasteiger charge is -2.04. The number of rotatable bonds is 3. The molecule has 5 nitrogen and oxygen atoms in total. The topological polar surface area (TPSA) is 73.1 Å². The van der Waals surface area contributed by atoms with Gasteiger partial charge < -0.3 is 15.8 Å². The molecule has 0 spiro atoms. The van der Waals surface area contributed by atoms with Gasteiger partial charge >= 0.3 is 0 Å². The largest absolute Gasteiger partial charge is 0.464 e. The summed E-state index contributed by atoms with van der Waals surface area (Å²) in [6, 6.07) is 1.62. The van der Waals surface area contributed by atoms with Gasteiger partial charge in [0.05, 0.1) is 0 Å². The minimum absolute atomic E-state index is 0.152. The van der Waals surface area contributed by atoms with Gasteiger partial charge in [0.15, 0.2) is 6.61 Å². The van der Waals surface area contributed by atoms with Crippen LogP contribution in [0.3, 0.4) is 0 Å². The Morgan fingerprint density at radius 1 is 1.69 bits per heavy atom. The fourth-order valence-corrected chi connectivity index (χ4v) is 0.760. The van der Waals surface area contributed by atoms with Crippen molar-refractivity contribution in [3.63, 3.8) is 0 Å². The highest BCUT2D eigenvalue weighted by molar-refractivity contribution is 5.42. The van der Waals surface area contributed by atoms with E-state index in [0.717, 1.165) is 0 Å². The molecule has 0 aliphatic carbocycles. The maximum Gasteiger partial charge on any atom is 0.225 e. The highest BCUT2D eigenvalue weighted by Crippen LogP contribution is 2.13. The number of nitrogen functional groups attached to an aromatic ring is 1. The molecule has 3 N–H and O–H groups in total. The van der Waals surface area contributed by atoms with E-state index in [4.69, 9.17) is 16.9 Å². The van der Waals surface area contributed by atoms with E-state index >= 15 is 0 Å². The Bertz CT molecular complexity index is 331. The van der Waals surface area contributed by atoms with Crippen molar-refractivity contribution in [2.75, 3.05) is 24.7 Å². The Balaban J connectivity index is 2.83. The number of hydrogen-bond donors (Lipinski definition) is 2. The average molecular weight is 178 g/mol. The number of nitrogens with zero attached hydrogens (tertiary/aromatic N) is 2. The Morgan fingerprint density at radius 3 is 3.08 bits per heavy atom. The third kappa shape index (κ3) is 2.52. The van der Waals surface area contributed by atoms with Crippen molar-refractivity contribution in [2.45, 2.75) is 0 Å². The lowest BCUT2D eigenvalue weighted by atomic mass is 10.5. The third-order valence-electron chi connectivity index (χ3n) is 1.28. The van der Waals surface area contributed by atoms with Crippen molar-refractivity contribution >= 4 is 11.8 Å². The van der Waals surface area contributed by atoms with E-state index in [1.54, 1.807) is 13.1 Å². The highest BCUT2D eigenvalue weighted by Gasteiger charge is 2.00. The van der Waals surface area contributed by atoms with Crippen molar-refractivity contribution in [2.24, 2.45) is 0 Å². The lowest BCUT2D eigenvalue weighted by Crippen LogP contribution is -2.03. The predicted molar refractivity (Wildman–Crippen MR) is 50.3 cm³/mol. The third-order valence-corrected chi connectivity index (χ3v) is 1.28. The number of ether oxygens (including phenoxy) is 1. The van der Waals surface area contributed by atoms with Crippen molar-refractivity contribution in [1.82, 2.24) is 9.97 Å². The Labute approximate surface area is 76.3 Å². The minimum Gasteiger partial charge on any atom is -0.464 e. The number of hydrogen-bond acceptors (Lipinski definition) is 5. The summed E-state index contributed by atoms with van der Waals surface area (Å²) in [7, 11) is 1.73. The molecule has 0 aliphatic rings. The van der Waals surface area contributed by atoms with Crippen LogP contribution < -0.4 is 15.8 Å². The summed E-state index contributed by atoms with van der Waals surface area (Å²) in [6.45, 7) is 0.166. The lowest BCUT2D eigenvalue weighted by molar-refractivity contribution is 0.356. The fraction of sp³-hybridized carbons (Fsp3) is 0.250. The van der Waals surface area contributed by atoms with Crippen LogP contribution in [0.2, 0.25) is 0 Å². The number of aromatic nitrogens is 2. The van der Waals surface area contributed by atoms with Gasteiger partial charge in [-0.1, -0.05) is 5.92 Å². The smallest absolute Gasteiger partial charge is 0.225 e. The summed E-state index contributed by atoms with van der Waals surface area (Å²) in [6.07, 6.45) is 5.02. The molecule has 0 saturated heterocycles. The van der Waals surface area contributed by atoms with E-state index < -0.39 is 0 Å². The number of nitrogens with two attached hydrogens (primary N) is 1. The zero-order valence-electron chi connectivity index (χ0n) is 7.24. The zero-order chi connectivity index (χ0) is 9.68. The summed E-state index contributed by atoms with van der Waals surface area (Å²) in [4.78, 5) is 7.71. The minimum atomic E-state index is 0.152. The van der Waals surface area contributed by atoms with Crippen molar-refractivity contribution in [3.05, 3.63) is 6.07 Å². The molecule has 0 unspecified atom stereocenters. The molecule has 0 aliphatic heterocycles. The van der Waals surface area contributed by atoms with Gasteiger partial charge in [0.1, 0.15) is 5.82 Å². The van der Waals surface area contributed by atoms with Gasteiger partial charge in [0.2, 0.25) is 11.8 Å². The maximum atomic E-state index is 5.41. The summed E-state index contributed by atoms with van der Waals surface area (Å²) < 4.78 is 5.07. The van der Waals surface area contributed by atoms with Gasteiger partial charge in [-0.3, -0.25) is 0 Å². The second-order valence-electron chi connectivity index (χ2n) is 2.19. The van der Waals surface area contributed by atoms with Gasteiger partial charge in [-0.15, -0.1) is 6.42 Å². The van der Waals surface area contributed by atoms with Crippen LogP contribution in [0.1, 0.15) is 0 Å². The summed E-state index contributed by atoms with van der Waals surface area (Å²) in [5, 5.41) is 2.82. The molecule has 0 atom stereocenters. The quantitative estimate of drug-likeness (QED) is 0.643. The van der Waals surface area contributed by atoms with Gasteiger partial charge in [0.25, 0.3) is 0 Å². The number of nitrogens with one attached hydrogen (secondary N) is 1. The van der Waals surface area contributed by atoms with Crippen LogP contribution in [-0.2, 0) is 0 Å². The molecule has 0 radical (unpaired) electrons. The Morgan fingerprint density at radius 2 is 2.46 bits per heavy atom. The van der Waals surface area contributed by atoms with Gasteiger partial charge in [-0.25, -0.2) is 0 Å². The molecule has 1 heterocycles. The first-order valence-corrected chi connectivity index (χ1v) is 3.65. The zero-order valence-corrected chi connectivity index (χ0v) is 7.24. The molecule has 1 rings (SSSR count). The van der Waals surface area contributed by atoms with Crippen molar-refractivity contribution in [3.8, 4) is 18.2 Å². The number of terminal acetylenes is 1. The van der Waals surface area contributed by atoms with Crippen LogP contribution in [0.4, 0.5) is 11.8 Å². The number of anilines is 2. The normalized spacial score (nSPS) is 8.92. The standard InChI is InChI=1S/C8H10N4O/c1-3-4-13-7-5-6(10-2)11-8(9)12-7/h1,5H,4H2,2H3,(H3,9,10,11,12). The Hall–Kier alpha value is -1.96. The first kappa shape index (κ1) is 9.13. The van der Waals surface area contributed by atoms with E-state index in [1.807, 2.05) is 0 Å².